The molecule has 28 heavy (non-hydrogen) atoms. The molecule has 0 spiro atoms. The van der Waals surface area contributed by atoms with Crippen molar-refractivity contribution in [1.82, 2.24) is 15.1 Å². The molecular weight excluding hydrogens is 378 g/mol. The van der Waals surface area contributed by atoms with Gasteiger partial charge >= 0.3 is 5.97 Å². The SMILES string of the molecule is CCOC(=O)C1CC(C(=O)N2CCNCC2)N(C(=O)C2CC2)C1c1cccs1. The molecule has 3 aliphatic rings. The van der Waals surface area contributed by atoms with Gasteiger partial charge in [0, 0.05) is 37.0 Å². The molecule has 3 heterocycles. The highest BCUT2D eigenvalue weighted by atomic mass is 32.1. The van der Waals surface area contributed by atoms with Crippen molar-refractivity contribution < 1.29 is 19.1 Å². The molecule has 1 aliphatic carbocycles. The number of amides is 2. The Morgan fingerprint density at radius 2 is 1.96 bits per heavy atom. The highest BCUT2D eigenvalue weighted by molar-refractivity contribution is 7.10. The maximum atomic E-state index is 13.4. The zero-order valence-corrected chi connectivity index (χ0v) is 17.0. The molecule has 2 saturated heterocycles. The van der Waals surface area contributed by atoms with Crippen LogP contribution in [0.1, 0.15) is 37.1 Å². The van der Waals surface area contributed by atoms with Gasteiger partial charge in [0.2, 0.25) is 11.8 Å². The predicted octanol–water partition coefficient (Wildman–Crippen LogP) is 1.41. The third-order valence-corrected chi connectivity index (χ3v) is 6.76. The maximum Gasteiger partial charge on any atom is 0.311 e. The predicted molar refractivity (Wildman–Crippen MR) is 105 cm³/mol. The summed E-state index contributed by atoms with van der Waals surface area (Å²) in [5.41, 5.74) is 0. The lowest BCUT2D eigenvalue weighted by atomic mass is 9.97. The Balaban J connectivity index is 1.68. The zero-order valence-electron chi connectivity index (χ0n) is 16.1. The van der Waals surface area contributed by atoms with Crippen LogP contribution in [0, 0.1) is 11.8 Å². The normalized spacial score (nSPS) is 27.7. The lowest BCUT2D eigenvalue weighted by molar-refractivity contribution is -0.150. The molecule has 152 valence electrons. The molecule has 1 saturated carbocycles. The van der Waals surface area contributed by atoms with Crippen LogP contribution in [-0.2, 0) is 19.1 Å². The number of carbonyl (C=O) groups is 3. The summed E-state index contributed by atoms with van der Waals surface area (Å²) in [6.45, 7) is 4.85. The molecule has 0 bridgehead atoms. The summed E-state index contributed by atoms with van der Waals surface area (Å²) in [7, 11) is 0. The summed E-state index contributed by atoms with van der Waals surface area (Å²) in [6, 6.07) is 2.87. The number of hydrogen-bond donors (Lipinski definition) is 1. The van der Waals surface area contributed by atoms with Gasteiger partial charge in [-0.1, -0.05) is 6.07 Å². The van der Waals surface area contributed by atoms with Crippen LogP contribution in [0.4, 0.5) is 0 Å². The first-order chi connectivity index (χ1) is 13.6. The molecule has 1 N–H and O–H groups in total. The number of piperazine rings is 1. The first-order valence-corrected chi connectivity index (χ1v) is 11.0. The summed E-state index contributed by atoms with van der Waals surface area (Å²) < 4.78 is 5.32. The summed E-state index contributed by atoms with van der Waals surface area (Å²) in [6.07, 6.45) is 2.07. The minimum absolute atomic E-state index is 0.0123. The Hall–Kier alpha value is -1.93. The number of hydrogen-bond acceptors (Lipinski definition) is 6. The van der Waals surface area contributed by atoms with Crippen molar-refractivity contribution in [2.75, 3.05) is 32.8 Å². The standard InChI is InChI=1S/C20H27N3O4S/c1-2-27-20(26)14-12-15(19(25)22-9-7-21-8-10-22)23(18(24)13-5-6-13)17(14)16-4-3-11-28-16/h3-4,11,13-15,17,21H,2,5-10,12H2,1H3. The van der Waals surface area contributed by atoms with Gasteiger partial charge in [-0.25, -0.2) is 0 Å². The summed E-state index contributed by atoms with van der Waals surface area (Å²) in [4.78, 5) is 43.9. The van der Waals surface area contributed by atoms with Crippen LogP contribution in [0.25, 0.3) is 0 Å². The number of nitrogens with one attached hydrogen (secondary N) is 1. The topological polar surface area (TPSA) is 79.0 Å². The molecule has 0 aromatic carbocycles. The quantitative estimate of drug-likeness (QED) is 0.750. The molecule has 7 nitrogen and oxygen atoms in total. The van der Waals surface area contributed by atoms with Crippen molar-refractivity contribution in [1.29, 1.82) is 0 Å². The average Bonchev–Trinajstić information content (AvgIpc) is 3.27. The zero-order chi connectivity index (χ0) is 19.7. The first-order valence-electron chi connectivity index (χ1n) is 10.1. The van der Waals surface area contributed by atoms with E-state index in [0.717, 1.165) is 30.8 Å². The molecule has 3 atom stereocenters. The van der Waals surface area contributed by atoms with Crippen LogP contribution >= 0.6 is 11.3 Å². The Morgan fingerprint density at radius 3 is 2.57 bits per heavy atom. The number of esters is 1. The van der Waals surface area contributed by atoms with E-state index in [-0.39, 0.29) is 23.7 Å². The van der Waals surface area contributed by atoms with E-state index < -0.39 is 18.0 Å². The largest absolute Gasteiger partial charge is 0.466 e. The van der Waals surface area contributed by atoms with Crippen molar-refractivity contribution in [2.24, 2.45) is 11.8 Å². The number of thiophene rings is 1. The highest BCUT2D eigenvalue weighted by Crippen LogP contribution is 2.47. The Labute approximate surface area is 169 Å². The molecule has 2 amide bonds. The lowest BCUT2D eigenvalue weighted by Crippen LogP contribution is -2.53. The van der Waals surface area contributed by atoms with Gasteiger partial charge in [0.15, 0.2) is 0 Å². The average molecular weight is 406 g/mol. The third kappa shape index (κ3) is 3.67. The smallest absolute Gasteiger partial charge is 0.311 e. The molecule has 8 heteroatoms. The fourth-order valence-corrected chi connectivity index (χ4v) is 5.18. The van der Waals surface area contributed by atoms with Gasteiger partial charge in [-0.3, -0.25) is 14.4 Å². The monoisotopic (exact) mass is 405 g/mol. The second kappa shape index (κ2) is 8.21. The number of ether oxygens (including phenoxy) is 1. The van der Waals surface area contributed by atoms with Gasteiger partial charge in [-0.05, 0) is 37.6 Å². The summed E-state index contributed by atoms with van der Waals surface area (Å²) in [5, 5.41) is 5.20. The van der Waals surface area contributed by atoms with Gasteiger partial charge in [-0.15, -0.1) is 11.3 Å². The number of nitrogens with zero attached hydrogens (tertiary/aromatic N) is 2. The summed E-state index contributed by atoms with van der Waals surface area (Å²) >= 11 is 1.53. The van der Waals surface area contributed by atoms with E-state index in [4.69, 9.17) is 4.74 Å². The van der Waals surface area contributed by atoms with Crippen LogP contribution in [0.5, 0.6) is 0 Å². The van der Waals surface area contributed by atoms with Gasteiger partial charge in [0.05, 0.1) is 18.6 Å². The van der Waals surface area contributed by atoms with Gasteiger partial charge in [0.25, 0.3) is 0 Å². The Bertz CT molecular complexity index is 728. The second-order valence-electron chi connectivity index (χ2n) is 7.67. The van der Waals surface area contributed by atoms with E-state index in [0.29, 0.717) is 26.1 Å². The number of likely N-dealkylation sites (tertiary alicyclic amines) is 1. The molecule has 2 aliphatic heterocycles. The van der Waals surface area contributed by atoms with Crippen LogP contribution < -0.4 is 5.32 Å². The van der Waals surface area contributed by atoms with Crippen LogP contribution in [0.2, 0.25) is 0 Å². The van der Waals surface area contributed by atoms with Gasteiger partial charge in [0.1, 0.15) is 6.04 Å². The van der Waals surface area contributed by atoms with E-state index in [1.54, 1.807) is 11.8 Å². The molecule has 3 fully saturated rings. The van der Waals surface area contributed by atoms with Crippen molar-refractivity contribution in [3.63, 3.8) is 0 Å². The molecule has 4 rings (SSSR count). The van der Waals surface area contributed by atoms with Crippen molar-refractivity contribution in [3.8, 4) is 0 Å². The van der Waals surface area contributed by atoms with Crippen LogP contribution in [0.15, 0.2) is 17.5 Å². The number of carbonyl (C=O) groups excluding carboxylic acids is 3. The van der Waals surface area contributed by atoms with E-state index in [1.165, 1.54) is 11.3 Å². The first kappa shape index (κ1) is 19.4. The lowest BCUT2D eigenvalue weighted by Gasteiger charge is -2.35. The highest BCUT2D eigenvalue weighted by Gasteiger charge is 2.54. The molecule has 3 unspecified atom stereocenters. The third-order valence-electron chi connectivity index (χ3n) is 5.81. The van der Waals surface area contributed by atoms with Gasteiger partial charge in [-0.2, -0.15) is 0 Å². The summed E-state index contributed by atoms with van der Waals surface area (Å²) in [5.74, 6) is -0.854. The Kier molecular flexibility index (Phi) is 5.68. The van der Waals surface area contributed by atoms with E-state index in [1.807, 2.05) is 22.4 Å². The minimum atomic E-state index is -0.590. The van der Waals surface area contributed by atoms with Crippen molar-refractivity contribution in [2.45, 2.75) is 38.3 Å². The van der Waals surface area contributed by atoms with Crippen LogP contribution in [-0.4, -0.2) is 66.4 Å². The number of rotatable bonds is 5. The van der Waals surface area contributed by atoms with Crippen LogP contribution in [0.3, 0.4) is 0 Å². The Morgan fingerprint density at radius 1 is 1.21 bits per heavy atom. The fraction of sp³-hybridized carbons (Fsp3) is 0.650. The molecule has 0 radical (unpaired) electrons. The maximum absolute atomic E-state index is 13.4. The van der Waals surface area contributed by atoms with Crippen molar-refractivity contribution in [3.05, 3.63) is 22.4 Å². The minimum Gasteiger partial charge on any atom is -0.466 e. The molecule has 1 aromatic heterocycles. The molecular formula is C20H27N3O4S. The van der Waals surface area contributed by atoms with E-state index in [9.17, 15) is 14.4 Å². The van der Waals surface area contributed by atoms with E-state index >= 15 is 0 Å². The van der Waals surface area contributed by atoms with Gasteiger partial charge < -0.3 is 19.9 Å². The fourth-order valence-electron chi connectivity index (χ4n) is 4.29. The second-order valence-corrected chi connectivity index (χ2v) is 8.64. The molecule has 1 aromatic rings. The van der Waals surface area contributed by atoms with E-state index in [2.05, 4.69) is 5.32 Å². The van der Waals surface area contributed by atoms with Crippen molar-refractivity contribution >= 4 is 29.1 Å².